The topological polar surface area (TPSA) is 160 Å². The number of esters is 1. The Hall–Kier alpha value is -1.89. The van der Waals surface area contributed by atoms with Gasteiger partial charge in [-0.25, -0.2) is 9.59 Å². The number of ether oxygens (including phenoxy) is 2. The number of aliphatic hydroxyl groups excluding tert-OH is 2. The maximum atomic E-state index is 12.0. The van der Waals surface area contributed by atoms with E-state index in [2.05, 4.69) is 19.6 Å². The van der Waals surface area contributed by atoms with Crippen molar-refractivity contribution in [1.82, 2.24) is 10.6 Å². The third-order valence-electron chi connectivity index (χ3n) is 3.12. The van der Waals surface area contributed by atoms with Crippen molar-refractivity contribution in [3.63, 3.8) is 0 Å². The fourth-order valence-corrected chi connectivity index (χ4v) is 2.45. The van der Waals surface area contributed by atoms with E-state index in [1.165, 1.54) is 0 Å². The fraction of sp³-hybridized carbons (Fsp3) is 0.714. The van der Waals surface area contributed by atoms with Gasteiger partial charge in [0.1, 0.15) is 17.8 Å². The smallest absolute Gasteiger partial charge is 0.412 e. The van der Waals surface area contributed by atoms with Gasteiger partial charge in [0.15, 0.2) is 5.70 Å². The Balaban J connectivity index is 3.07. The number of nitrogens with one attached hydrogen (secondary N) is 2. The summed E-state index contributed by atoms with van der Waals surface area (Å²) in [7, 11) is -2.72. The van der Waals surface area contributed by atoms with Crippen LogP contribution in [-0.4, -0.2) is 74.5 Å². The first-order valence-corrected chi connectivity index (χ1v) is 9.36. The third kappa shape index (κ3) is 6.44. The molecule has 1 aliphatic rings. The van der Waals surface area contributed by atoms with Crippen LogP contribution in [0.4, 0.5) is 4.79 Å². The quantitative estimate of drug-likeness (QED) is 0.246. The van der Waals surface area contributed by atoms with E-state index in [1.807, 2.05) is 0 Å². The molecule has 0 aromatic rings. The second-order valence-electron chi connectivity index (χ2n) is 6.58. The van der Waals surface area contributed by atoms with Crippen LogP contribution < -0.4 is 10.6 Å². The standard InChI is InChI=1S/C14H24N2O9S/c1-14(2,3)25-13(20)16-9(12(19)23-4)8-11(18)10(17)7(15-8)6-24-26(5,21)22/h7,10-11,15,17-18H,6H2,1-5H3,(H,16,20)/b9-8+/t7-,10+,11+/m0/s1. The molecule has 11 nitrogen and oxygen atoms in total. The molecule has 26 heavy (non-hydrogen) atoms. The molecule has 0 radical (unpaired) electrons. The number of carbonyl (C=O) groups is 2. The van der Waals surface area contributed by atoms with Gasteiger partial charge in [-0.05, 0) is 20.8 Å². The van der Waals surface area contributed by atoms with Crippen LogP contribution in [0.5, 0.6) is 0 Å². The first-order valence-electron chi connectivity index (χ1n) is 7.54. The van der Waals surface area contributed by atoms with E-state index in [9.17, 15) is 28.2 Å². The predicted molar refractivity (Wildman–Crippen MR) is 88.1 cm³/mol. The van der Waals surface area contributed by atoms with Gasteiger partial charge in [0.2, 0.25) is 0 Å². The van der Waals surface area contributed by atoms with E-state index in [0.29, 0.717) is 0 Å². The van der Waals surface area contributed by atoms with Crippen LogP contribution >= 0.6 is 0 Å². The molecule has 4 N–H and O–H groups in total. The zero-order valence-electron chi connectivity index (χ0n) is 15.1. The number of carbonyl (C=O) groups excluding carboxylic acids is 2. The largest absolute Gasteiger partial charge is 0.464 e. The number of hydrogen-bond donors (Lipinski definition) is 4. The molecule has 0 unspecified atom stereocenters. The molecular formula is C14H24N2O9S. The van der Waals surface area contributed by atoms with Gasteiger partial charge in [0.05, 0.1) is 31.7 Å². The van der Waals surface area contributed by atoms with Gasteiger partial charge < -0.3 is 25.0 Å². The van der Waals surface area contributed by atoms with E-state index >= 15 is 0 Å². The van der Waals surface area contributed by atoms with Gasteiger partial charge >= 0.3 is 12.1 Å². The van der Waals surface area contributed by atoms with Gasteiger partial charge in [0, 0.05) is 0 Å². The van der Waals surface area contributed by atoms with Crippen LogP contribution in [-0.2, 0) is 28.6 Å². The summed E-state index contributed by atoms with van der Waals surface area (Å²) < 4.78 is 36.3. The number of amides is 1. The number of hydrogen-bond acceptors (Lipinski definition) is 10. The van der Waals surface area contributed by atoms with Crippen LogP contribution in [0.3, 0.4) is 0 Å². The zero-order valence-corrected chi connectivity index (χ0v) is 15.9. The maximum Gasteiger partial charge on any atom is 0.412 e. The van der Waals surface area contributed by atoms with Crippen LogP contribution in [0.1, 0.15) is 20.8 Å². The van der Waals surface area contributed by atoms with Crippen molar-refractivity contribution in [2.24, 2.45) is 0 Å². The lowest BCUT2D eigenvalue weighted by molar-refractivity contribution is -0.136. The Labute approximate surface area is 151 Å². The minimum absolute atomic E-state index is 0.252. The first kappa shape index (κ1) is 22.2. The monoisotopic (exact) mass is 396 g/mol. The molecule has 0 saturated carbocycles. The van der Waals surface area contributed by atoms with Crippen LogP contribution in [0, 0.1) is 0 Å². The summed E-state index contributed by atoms with van der Waals surface area (Å²) in [6.45, 7) is 4.34. The zero-order chi connectivity index (χ0) is 20.3. The first-order chi connectivity index (χ1) is 11.7. The van der Waals surface area contributed by atoms with Gasteiger partial charge in [-0.15, -0.1) is 0 Å². The minimum Gasteiger partial charge on any atom is -0.464 e. The molecular weight excluding hydrogens is 372 g/mol. The summed E-state index contributed by atoms with van der Waals surface area (Å²) in [6.07, 6.45) is -3.27. The molecule has 0 aromatic heterocycles. The Morgan fingerprint density at radius 1 is 1.27 bits per heavy atom. The van der Waals surface area contributed by atoms with Gasteiger partial charge in [0.25, 0.3) is 10.1 Å². The molecule has 1 heterocycles. The fourth-order valence-electron chi connectivity index (χ4n) is 2.05. The van der Waals surface area contributed by atoms with Crippen molar-refractivity contribution >= 4 is 22.2 Å². The van der Waals surface area contributed by atoms with E-state index in [0.717, 1.165) is 13.4 Å². The number of alkyl carbamates (subject to hydrolysis) is 1. The molecule has 12 heteroatoms. The second-order valence-corrected chi connectivity index (χ2v) is 8.23. The Kier molecular flexibility index (Phi) is 6.99. The van der Waals surface area contributed by atoms with Crippen molar-refractivity contribution in [3.8, 4) is 0 Å². The van der Waals surface area contributed by atoms with Crippen LogP contribution in [0.25, 0.3) is 0 Å². The summed E-state index contributed by atoms with van der Waals surface area (Å²) in [5, 5.41) is 24.9. The lowest BCUT2D eigenvalue weighted by atomic mass is 10.1. The third-order valence-corrected chi connectivity index (χ3v) is 3.68. The average Bonchev–Trinajstić information content (AvgIpc) is 2.75. The summed E-state index contributed by atoms with van der Waals surface area (Å²) in [6, 6.07) is -1.05. The molecule has 0 bridgehead atoms. The normalized spacial score (nSPS) is 25.3. The van der Waals surface area contributed by atoms with Crippen molar-refractivity contribution in [2.75, 3.05) is 20.0 Å². The Morgan fingerprint density at radius 3 is 2.31 bits per heavy atom. The van der Waals surface area contributed by atoms with E-state index in [-0.39, 0.29) is 5.70 Å². The minimum atomic E-state index is -3.78. The van der Waals surface area contributed by atoms with E-state index < -0.39 is 58.3 Å². The van der Waals surface area contributed by atoms with Crippen LogP contribution in [0.15, 0.2) is 11.4 Å². The molecule has 0 spiro atoms. The molecule has 1 fully saturated rings. The van der Waals surface area contributed by atoms with Crippen molar-refractivity contribution in [1.29, 1.82) is 0 Å². The number of aliphatic hydroxyl groups is 2. The van der Waals surface area contributed by atoms with Gasteiger partial charge in [-0.1, -0.05) is 0 Å². The molecule has 1 rings (SSSR count). The molecule has 1 saturated heterocycles. The van der Waals surface area contributed by atoms with Crippen molar-refractivity contribution in [3.05, 3.63) is 11.4 Å². The number of rotatable bonds is 5. The maximum absolute atomic E-state index is 12.0. The second kappa shape index (κ2) is 8.20. The average molecular weight is 396 g/mol. The molecule has 1 aliphatic heterocycles. The summed E-state index contributed by atoms with van der Waals surface area (Å²) in [5.74, 6) is -1.01. The molecule has 3 atom stereocenters. The molecule has 0 aliphatic carbocycles. The van der Waals surface area contributed by atoms with Crippen molar-refractivity contribution in [2.45, 2.75) is 44.6 Å². The van der Waals surface area contributed by atoms with Gasteiger partial charge in [-0.2, -0.15) is 8.42 Å². The highest BCUT2D eigenvalue weighted by atomic mass is 32.2. The highest BCUT2D eigenvalue weighted by Gasteiger charge is 2.41. The summed E-state index contributed by atoms with van der Waals surface area (Å²) in [5.41, 5.74) is -1.57. The Bertz CT molecular complexity index is 681. The Morgan fingerprint density at radius 2 is 1.85 bits per heavy atom. The SMILES string of the molecule is COC(=O)/C(NC(=O)OC(C)(C)C)=C1\N[C@@H](COS(C)(=O)=O)[C@@H](O)[C@@H]1O. The van der Waals surface area contributed by atoms with Crippen LogP contribution in [0.2, 0.25) is 0 Å². The molecule has 150 valence electrons. The summed E-state index contributed by atoms with van der Waals surface area (Å²) >= 11 is 0. The lowest BCUT2D eigenvalue weighted by Crippen LogP contribution is -2.38. The van der Waals surface area contributed by atoms with E-state index in [4.69, 9.17) is 4.74 Å². The number of methoxy groups -OCH3 is 1. The lowest BCUT2D eigenvalue weighted by Gasteiger charge is -2.21. The highest BCUT2D eigenvalue weighted by Crippen LogP contribution is 2.21. The van der Waals surface area contributed by atoms with Gasteiger partial charge in [-0.3, -0.25) is 9.50 Å². The van der Waals surface area contributed by atoms with Crippen molar-refractivity contribution < 1.29 is 41.9 Å². The molecule has 0 aromatic carbocycles. The summed E-state index contributed by atoms with van der Waals surface area (Å²) in [4.78, 5) is 23.9. The molecule has 1 amide bonds. The highest BCUT2D eigenvalue weighted by molar-refractivity contribution is 7.85. The predicted octanol–water partition coefficient (Wildman–Crippen LogP) is -1.43. The van der Waals surface area contributed by atoms with E-state index in [1.54, 1.807) is 20.8 Å².